The smallest absolute Gasteiger partial charge is 0.318 e. The van der Waals surface area contributed by atoms with E-state index in [1.54, 1.807) is 0 Å². The molecule has 3 rings (SSSR count). The Morgan fingerprint density at radius 1 is 1.31 bits per heavy atom. The molecule has 1 aromatic carbocycles. The fourth-order valence-corrected chi connectivity index (χ4v) is 3.04. The molecule has 0 bridgehead atoms. The number of benzene rings is 1. The first-order chi connectivity index (χ1) is 12.7. The average Bonchev–Trinajstić information content (AvgIpc) is 3.02. The molecule has 1 unspecified atom stereocenters. The average molecular weight is 369 g/mol. The summed E-state index contributed by atoms with van der Waals surface area (Å²) in [6.07, 6.45) is 10.6. The van der Waals surface area contributed by atoms with Gasteiger partial charge in [0.1, 0.15) is 6.54 Å². The Kier molecular flexibility index (Phi) is 6.04. The van der Waals surface area contributed by atoms with Crippen LogP contribution in [0.25, 0.3) is 11.5 Å². The number of carbonyl (C=O) groups is 1. The molecule has 1 heterocycles. The molecule has 1 atom stereocenters. The van der Waals surface area contributed by atoms with Gasteiger partial charge in [-0.1, -0.05) is 48.5 Å². The molecule has 2 aromatic rings. The van der Waals surface area contributed by atoms with E-state index in [0.29, 0.717) is 11.7 Å². The molecule has 1 aromatic heterocycles. The minimum atomic E-state index is -0.893. The minimum Gasteiger partial charge on any atom is -0.480 e. The molecule has 0 radical (unpaired) electrons. The van der Waals surface area contributed by atoms with E-state index in [4.69, 9.17) is 9.63 Å². The summed E-state index contributed by atoms with van der Waals surface area (Å²) in [4.78, 5) is 16.0. The first kappa shape index (κ1) is 18.2. The summed E-state index contributed by atoms with van der Waals surface area (Å²) in [6, 6.07) is 8.09. The summed E-state index contributed by atoms with van der Waals surface area (Å²) in [6.45, 7) is 2.01. The van der Waals surface area contributed by atoms with Gasteiger partial charge >= 0.3 is 5.97 Å². The molecular weight excluding hydrogens is 350 g/mol. The number of aryl methyl sites for hydroxylation is 1. The number of carboxylic acids is 1. The number of aliphatic carboxylic acids is 1. The van der Waals surface area contributed by atoms with Crippen LogP contribution >= 0.6 is 11.9 Å². The Hall–Kier alpha value is -2.64. The lowest BCUT2D eigenvalue weighted by Gasteiger charge is -2.01. The SMILES string of the molecule is CCc1ccc(-c2nc(C3C=CC=C(SNCC(=O)O)C=C3)no2)cc1. The van der Waals surface area contributed by atoms with Crippen molar-refractivity contribution in [3.05, 3.63) is 70.9 Å². The van der Waals surface area contributed by atoms with Crippen molar-refractivity contribution in [3.63, 3.8) is 0 Å². The van der Waals surface area contributed by atoms with E-state index >= 15 is 0 Å². The largest absolute Gasteiger partial charge is 0.480 e. The topological polar surface area (TPSA) is 88.2 Å². The fraction of sp³-hybridized carbons (Fsp3) is 0.211. The highest BCUT2D eigenvalue weighted by molar-refractivity contribution is 8.01. The van der Waals surface area contributed by atoms with E-state index in [1.165, 1.54) is 17.5 Å². The van der Waals surface area contributed by atoms with Gasteiger partial charge in [0, 0.05) is 10.5 Å². The van der Waals surface area contributed by atoms with Crippen LogP contribution in [0.5, 0.6) is 0 Å². The molecule has 26 heavy (non-hydrogen) atoms. The molecule has 2 N–H and O–H groups in total. The molecule has 0 fully saturated rings. The van der Waals surface area contributed by atoms with Crippen molar-refractivity contribution in [1.29, 1.82) is 0 Å². The molecule has 1 aliphatic carbocycles. The second kappa shape index (κ2) is 8.64. The van der Waals surface area contributed by atoms with Gasteiger partial charge in [-0.2, -0.15) is 4.98 Å². The highest BCUT2D eigenvalue weighted by Gasteiger charge is 2.15. The Morgan fingerprint density at radius 3 is 2.85 bits per heavy atom. The summed E-state index contributed by atoms with van der Waals surface area (Å²) in [5.41, 5.74) is 2.16. The van der Waals surface area contributed by atoms with Crippen molar-refractivity contribution in [2.75, 3.05) is 6.54 Å². The molecule has 1 aliphatic rings. The minimum absolute atomic E-state index is 0.101. The van der Waals surface area contributed by atoms with Gasteiger partial charge in [0.2, 0.25) is 0 Å². The second-order valence-electron chi connectivity index (χ2n) is 5.66. The maximum atomic E-state index is 10.5. The van der Waals surface area contributed by atoms with Gasteiger partial charge in [0.15, 0.2) is 5.82 Å². The van der Waals surface area contributed by atoms with Crippen LogP contribution in [0.15, 0.2) is 64.1 Å². The number of nitrogens with one attached hydrogen (secondary N) is 1. The van der Waals surface area contributed by atoms with E-state index in [2.05, 4.69) is 33.9 Å². The van der Waals surface area contributed by atoms with Crippen LogP contribution in [0.1, 0.15) is 24.2 Å². The predicted octanol–water partition coefficient (Wildman–Crippen LogP) is 3.71. The molecule has 0 amide bonds. The van der Waals surface area contributed by atoms with Gasteiger partial charge in [0.25, 0.3) is 5.89 Å². The van der Waals surface area contributed by atoms with Crippen LogP contribution < -0.4 is 4.72 Å². The second-order valence-corrected chi connectivity index (χ2v) is 6.63. The van der Waals surface area contributed by atoms with E-state index in [-0.39, 0.29) is 12.5 Å². The lowest BCUT2D eigenvalue weighted by Crippen LogP contribution is -2.15. The number of rotatable bonds is 7. The first-order valence-electron chi connectivity index (χ1n) is 8.27. The van der Waals surface area contributed by atoms with Crippen molar-refractivity contribution in [2.24, 2.45) is 0 Å². The zero-order chi connectivity index (χ0) is 18.4. The third-order valence-corrected chi connectivity index (χ3v) is 4.61. The van der Waals surface area contributed by atoms with Crippen LogP contribution in [0.3, 0.4) is 0 Å². The summed E-state index contributed by atoms with van der Waals surface area (Å²) in [5, 5.41) is 12.8. The normalized spacial score (nSPS) is 16.3. The predicted molar refractivity (Wildman–Crippen MR) is 101 cm³/mol. The monoisotopic (exact) mass is 369 g/mol. The van der Waals surface area contributed by atoms with E-state index in [0.717, 1.165) is 16.9 Å². The summed E-state index contributed by atoms with van der Waals surface area (Å²) in [5.74, 6) is 0.0938. The maximum Gasteiger partial charge on any atom is 0.318 e. The maximum absolute atomic E-state index is 10.5. The zero-order valence-corrected chi connectivity index (χ0v) is 15.1. The summed E-state index contributed by atoms with van der Waals surface area (Å²) in [7, 11) is 0. The van der Waals surface area contributed by atoms with Crippen molar-refractivity contribution < 1.29 is 14.4 Å². The lowest BCUT2D eigenvalue weighted by atomic mass is 10.1. The molecule has 0 saturated carbocycles. The standard InChI is InChI=1S/C19H19N3O3S/c1-2-13-6-8-15(9-7-13)19-21-18(22-25-19)14-4-3-5-16(11-10-14)26-20-12-17(23)24/h3-11,14,20H,2,12H2,1H3,(H,23,24). The Balaban J connectivity index is 1.67. The molecule has 7 heteroatoms. The third-order valence-electron chi connectivity index (χ3n) is 3.81. The van der Waals surface area contributed by atoms with Crippen LogP contribution in [0, 0.1) is 0 Å². The van der Waals surface area contributed by atoms with Crippen LogP contribution in [0.4, 0.5) is 0 Å². The van der Waals surface area contributed by atoms with Crippen LogP contribution in [0.2, 0.25) is 0 Å². The fourth-order valence-electron chi connectivity index (χ4n) is 2.38. The number of carboxylic acid groups (broad SMARTS) is 1. The van der Waals surface area contributed by atoms with Crippen molar-refractivity contribution >= 4 is 17.9 Å². The number of hydrogen-bond acceptors (Lipinski definition) is 6. The van der Waals surface area contributed by atoms with Gasteiger partial charge < -0.3 is 9.63 Å². The van der Waals surface area contributed by atoms with E-state index < -0.39 is 5.97 Å². The van der Waals surface area contributed by atoms with Gasteiger partial charge in [0.05, 0.1) is 5.92 Å². The molecular formula is C19H19N3O3S. The molecule has 0 aliphatic heterocycles. The van der Waals surface area contributed by atoms with Gasteiger partial charge in [-0.05, 0) is 42.1 Å². The van der Waals surface area contributed by atoms with E-state index in [9.17, 15) is 4.79 Å². The van der Waals surface area contributed by atoms with E-state index in [1.807, 2.05) is 42.5 Å². The highest BCUT2D eigenvalue weighted by atomic mass is 32.2. The summed E-state index contributed by atoms with van der Waals surface area (Å²) < 4.78 is 8.19. The molecule has 6 nitrogen and oxygen atoms in total. The summed E-state index contributed by atoms with van der Waals surface area (Å²) >= 11 is 1.27. The quantitative estimate of drug-likeness (QED) is 0.719. The van der Waals surface area contributed by atoms with Crippen LogP contribution in [-0.4, -0.2) is 27.8 Å². The zero-order valence-electron chi connectivity index (χ0n) is 14.3. The molecule has 0 spiro atoms. The number of allylic oxidation sites excluding steroid dienone is 5. The third kappa shape index (κ3) is 4.71. The first-order valence-corrected chi connectivity index (χ1v) is 9.08. The number of hydrogen-bond donors (Lipinski definition) is 2. The van der Waals surface area contributed by atoms with Crippen molar-refractivity contribution in [3.8, 4) is 11.5 Å². The van der Waals surface area contributed by atoms with Crippen LogP contribution in [-0.2, 0) is 11.2 Å². The Bertz CT molecular complexity index is 853. The van der Waals surface area contributed by atoms with Crippen molar-refractivity contribution in [1.82, 2.24) is 14.9 Å². The number of nitrogens with zero attached hydrogens (tertiary/aromatic N) is 2. The Labute approximate surface area is 155 Å². The van der Waals surface area contributed by atoms with Gasteiger partial charge in [-0.3, -0.25) is 4.79 Å². The Morgan fingerprint density at radius 2 is 2.12 bits per heavy atom. The lowest BCUT2D eigenvalue weighted by molar-refractivity contribution is -0.135. The highest BCUT2D eigenvalue weighted by Crippen LogP contribution is 2.26. The molecule has 0 saturated heterocycles. The number of aromatic nitrogens is 2. The molecule has 134 valence electrons. The van der Waals surface area contributed by atoms with Crippen molar-refractivity contribution in [2.45, 2.75) is 19.3 Å². The van der Waals surface area contributed by atoms with Gasteiger partial charge in [-0.15, -0.1) is 0 Å². The van der Waals surface area contributed by atoms with Gasteiger partial charge in [-0.25, -0.2) is 4.72 Å².